The minimum absolute atomic E-state index is 0.107. The van der Waals surface area contributed by atoms with E-state index in [2.05, 4.69) is 22.0 Å². The fourth-order valence-corrected chi connectivity index (χ4v) is 3.94. The van der Waals surface area contributed by atoms with Gasteiger partial charge < -0.3 is 14.5 Å². The van der Waals surface area contributed by atoms with Crippen molar-refractivity contribution in [1.82, 2.24) is 24.9 Å². The number of likely N-dealkylation sites (tertiary alicyclic amines) is 1. The first-order chi connectivity index (χ1) is 13.6. The summed E-state index contributed by atoms with van der Waals surface area (Å²) in [7, 11) is 1.83. The van der Waals surface area contributed by atoms with E-state index in [1.54, 1.807) is 4.90 Å². The highest BCUT2D eigenvalue weighted by molar-refractivity contribution is 5.83. The molecule has 2 amide bonds. The van der Waals surface area contributed by atoms with Crippen LogP contribution >= 0.6 is 0 Å². The summed E-state index contributed by atoms with van der Waals surface area (Å²) in [6.45, 7) is 8.05. The molecule has 1 aromatic heterocycles. The van der Waals surface area contributed by atoms with Crippen molar-refractivity contribution < 1.29 is 14.3 Å². The number of carbonyl (C=O) groups excluding carboxylic acids is 2. The molecule has 0 aliphatic carbocycles. The lowest BCUT2D eigenvalue weighted by Crippen LogP contribution is -2.49. The lowest BCUT2D eigenvalue weighted by Gasteiger charge is -2.35. The third-order valence-electron chi connectivity index (χ3n) is 5.61. The van der Waals surface area contributed by atoms with E-state index >= 15 is 0 Å². The number of nitrogens with one attached hydrogen (secondary N) is 1. The molecule has 2 saturated heterocycles. The standard InChI is InChI=1S/C20H33N5O3/c1-3-4-17-13-18(22-21-17)15-23(2)20(27)16-5-6-19(26)25(14-16)8-7-24-9-11-28-12-10-24/h13,16H,3-12,14-15H2,1-2H3,(H,21,22)/t16-/m0/s1. The minimum Gasteiger partial charge on any atom is -0.379 e. The molecule has 0 radical (unpaired) electrons. The van der Waals surface area contributed by atoms with Gasteiger partial charge >= 0.3 is 0 Å². The normalized spacial score (nSPS) is 21.1. The molecule has 156 valence electrons. The molecule has 2 fully saturated rings. The van der Waals surface area contributed by atoms with Crippen molar-refractivity contribution >= 4 is 11.8 Å². The van der Waals surface area contributed by atoms with Crippen LogP contribution in [0.5, 0.6) is 0 Å². The Labute approximate surface area is 167 Å². The molecule has 2 aliphatic heterocycles. The van der Waals surface area contributed by atoms with E-state index in [1.165, 1.54) is 0 Å². The summed E-state index contributed by atoms with van der Waals surface area (Å²) in [6, 6.07) is 2.03. The third-order valence-corrected chi connectivity index (χ3v) is 5.61. The SMILES string of the molecule is CCCc1cc(CN(C)C(=O)[C@H]2CCC(=O)N(CCN3CCOCC3)C2)[nH]n1. The summed E-state index contributed by atoms with van der Waals surface area (Å²) in [4.78, 5) is 31.2. The van der Waals surface area contributed by atoms with Gasteiger partial charge in [-0.05, 0) is 18.9 Å². The average Bonchev–Trinajstić information content (AvgIpc) is 3.14. The van der Waals surface area contributed by atoms with Gasteiger partial charge in [-0.25, -0.2) is 0 Å². The first-order valence-electron chi connectivity index (χ1n) is 10.4. The van der Waals surface area contributed by atoms with Crippen LogP contribution in [0.15, 0.2) is 6.07 Å². The van der Waals surface area contributed by atoms with Gasteiger partial charge in [-0.2, -0.15) is 5.10 Å². The molecule has 28 heavy (non-hydrogen) atoms. The molecule has 8 heteroatoms. The number of rotatable bonds is 8. The highest BCUT2D eigenvalue weighted by Crippen LogP contribution is 2.20. The van der Waals surface area contributed by atoms with Crippen molar-refractivity contribution in [1.29, 1.82) is 0 Å². The Balaban J connectivity index is 1.49. The summed E-state index contributed by atoms with van der Waals surface area (Å²) in [5.41, 5.74) is 1.99. The lowest BCUT2D eigenvalue weighted by molar-refractivity contribution is -0.142. The number of ether oxygens (including phenoxy) is 1. The van der Waals surface area contributed by atoms with E-state index in [0.29, 0.717) is 32.5 Å². The quantitative estimate of drug-likeness (QED) is 0.712. The average molecular weight is 392 g/mol. The van der Waals surface area contributed by atoms with E-state index < -0.39 is 0 Å². The minimum atomic E-state index is -0.120. The number of H-pyrrole nitrogens is 1. The molecule has 1 aromatic rings. The number of aromatic nitrogens is 2. The van der Waals surface area contributed by atoms with Gasteiger partial charge in [-0.1, -0.05) is 13.3 Å². The lowest BCUT2D eigenvalue weighted by atomic mass is 9.96. The molecule has 8 nitrogen and oxygen atoms in total. The van der Waals surface area contributed by atoms with Gasteiger partial charge in [0.25, 0.3) is 0 Å². The van der Waals surface area contributed by atoms with Crippen LogP contribution in [0.3, 0.4) is 0 Å². The Morgan fingerprint density at radius 1 is 1.36 bits per heavy atom. The van der Waals surface area contributed by atoms with Gasteiger partial charge in [0.1, 0.15) is 0 Å². The van der Waals surface area contributed by atoms with Crippen molar-refractivity contribution in [3.8, 4) is 0 Å². The van der Waals surface area contributed by atoms with Crippen molar-refractivity contribution in [2.75, 3.05) is 53.0 Å². The number of hydrogen-bond donors (Lipinski definition) is 1. The zero-order chi connectivity index (χ0) is 19.9. The number of piperidine rings is 1. The van der Waals surface area contributed by atoms with Crippen molar-refractivity contribution in [3.63, 3.8) is 0 Å². The van der Waals surface area contributed by atoms with Crippen LogP contribution in [-0.2, 0) is 27.3 Å². The first-order valence-corrected chi connectivity index (χ1v) is 10.4. The number of aryl methyl sites for hydroxylation is 1. The Morgan fingerprint density at radius 2 is 2.14 bits per heavy atom. The molecule has 2 aliphatic rings. The van der Waals surface area contributed by atoms with Crippen molar-refractivity contribution in [2.24, 2.45) is 5.92 Å². The predicted octanol–water partition coefficient (Wildman–Crippen LogP) is 0.891. The van der Waals surface area contributed by atoms with Crippen LogP contribution in [0, 0.1) is 5.92 Å². The zero-order valence-corrected chi connectivity index (χ0v) is 17.2. The third kappa shape index (κ3) is 5.54. The van der Waals surface area contributed by atoms with E-state index in [0.717, 1.165) is 57.1 Å². The second kappa shape index (κ2) is 10.0. The predicted molar refractivity (Wildman–Crippen MR) is 106 cm³/mol. The highest BCUT2D eigenvalue weighted by atomic mass is 16.5. The Hall–Kier alpha value is -1.93. The first kappa shape index (κ1) is 20.8. The Morgan fingerprint density at radius 3 is 2.89 bits per heavy atom. The van der Waals surface area contributed by atoms with Gasteiger partial charge in [-0.15, -0.1) is 0 Å². The molecule has 0 unspecified atom stereocenters. The summed E-state index contributed by atoms with van der Waals surface area (Å²) >= 11 is 0. The van der Waals surface area contributed by atoms with Crippen LogP contribution in [0.4, 0.5) is 0 Å². The monoisotopic (exact) mass is 391 g/mol. The van der Waals surface area contributed by atoms with Gasteiger partial charge in [0.2, 0.25) is 11.8 Å². The van der Waals surface area contributed by atoms with E-state index in [9.17, 15) is 9.59 Å². The summed E-state index contributed by atoms with van der Waals surface area (Å²) in [5, 5.41) is 7.32. The molecule has 3 heterocycles. The zero-order valence-electron chi connectivity index (χ0n) is 17.2. The number of carbonyl (C=O) groups is 2. The van der Waals surface area contributed by atoms with Crippen LogP contribution in [-0.4, -0.2) is 89.7 Å². The van der Waals surface area contributed by atoms with Crippen LogP contribution in [0.25, 0.3) is 0 Å². The maximum absolute atomic E-state index is 12.9. The van der Waals surface area contributed by atoms with Gasteiger partial charge in [0, 0.05) is 46.2 Å². The maximum Gasteiger partial charge on any atom is 0.227 e. The summed E-state index contributed by atoms with van der Waals surface area (Å²) < 4.78 is 5.37. The largest absolute Gasteiger partial charge is 0.379 e. The highest BCUT2D eigenvalue weighted by Gasteiger charge is 2.32. The smallest absolute Gasteiger partial charge is 0.227 e. The van der Waals surface area contributed by atoms with E-state index in [1.807, 2.05) is 18.0 Å². The van der Waals surface area contributed by atoms with Crippen LogP contribution < -0.4 is 0 Å². The molecular weight excluding hydrogens is 358 g/mol. The molecule has 3 rings (SSSR count). The number of morpholine rings is 1. The topological polar surface area (TPSA) is 81.8 Å². The summed E-state index contributed by atoms with van der Waals surface area (Å²) in [6.07, 6.45) is 3.09. The van der Waals surface area contributed by atoms with Crippen molar-refractivity contribution in [2.45, 2.75) is 39.2 Å². The molecule has 0 aromatic carbocycles. The molecule has 0 spiro atoms. The number of nitrogens with zero attached hydrogens (tertiary/aromatic N) is 4. The Kier molecular flexibility index (Phi) is 7.44. The molecule has 1 atom stereocenters. The second-order valence-electron chi connectivity index (χ2n) is 7.86. The fourth-order valence-electron chi connectivity index (χ4n) is 3.94. The van der Waals surface area contributed by atoms with Crippen LogP contribution in [0.1, 0.15) is 37.6 Å². The number of hydrogen-bond acceptors (Lipinski definition) is 5. The Bertz CT molecular complexity index is 656. The fraction of sp³-hybridized carbons (Fsp3) is 0.750. The van der Waals surface area contributed by atoms with Crippen LogP contribution in [0.2, 0.25) is 0 Å². The molecule has 0 bridgehead atoms. The van der Waals surface area contributed by atoms with E-state index in [-0.39, 0.29) is 17.7 Å². The second-order valence-corrected chi connectivity index (χ2v) is 7.86. The van der Waals surface area contributed by atoms with Gasteiger partial charge in [-0.3, -0.25) is 19.6 Å². The van der Waals surface area contributed by atoms with E-state index in [4.69, 9.17) is 4.74 Å². The van der Waals surface area contributed by atoms with Crippen molar-refractivity contribution in [3.05, 3.63) is 17.5 Å². The number of amides is 2. The van der Waals surface area contributed by atoms with Gasteiger partial charge in [0.15, 0.2) is 0 Å². The molecular formula is C20H33N5O3. The maximum atomic E-state index is 12.9. The number of aromatic amines is 1. The molecule has 1 N–H and O–H groups in total. The molecule has 0 saturated carbocycles. The summed E-state index contributed by atoms with van der Waals surface area (Å²) in [5.74, 6) is 0.152. The van der Waals surface area contributed by atoms with Gasteiger partial charge in [0.05, 0.1) is 37.1 Å².